The van der Waals surface area contributed by atoms with Crippen LogP contribution >= 0.6 is 12.2 Å². The molecule has 0 spiro atoms. The van der Waals surface area contributed by atoms with Crippen LogP contribution < -0.4 is 20.8 Å². The van der Waals surface area contributed by atoms with Gasteiger partial charge in [-0.3, -0.25) is 9.59 Å². The molecular weight excluding hydrogens is 635 g/mol. The summed E-state index contributed by atoms with van der Waals surface area (Å²) >= 11 is 5.19. The Hall–Kier alpha value is -4.67. The second-order valence-corrected chi connectivity index (χ2v) is 12.1. The van der Waals surface area contributed by atoms with E-state index in [2.05, 4.69) is 0 Å². The molecule has 2 atom stereocenters. The van der Waals surface area contributed by atoms with Crippen LogP contribution in [0.4, 0.5) is 4.39 Å². The molecule has 0 bridgehead atoms. The maximum atomic E-state index is 14.1. The summed E-state index contributed by atoms with van der Waals surface area (Å²) < 4.78 is 25.6. The lowest BCUT2D eigenvalue weighted by molar-refractivity contribution is 0.0650. The number of allylic oxidation sites excluding steroid dienone is 3. The zero-order chi connectivity index (χ0) is 34.8. The number of ether oxygens (including phenoxy) is 1. The summed E-state index contributed by atoms with van der Waals surface area (Å²) in [5.74, 6) is -3.48. The first kappa shape index (κ1) is 36.2. The number of unbranched alkanes of at least 4 members (excludes halogenated alkanes) is 3. The van der Waals surface area contributed by atoms with Gasteiger partial charge in [0.2, 0.25) is 5.76 Å². The zero-order valence-corrected chi connectivity index (χ0v) is 27.7. The minimum atomic E-state index is -1.48. The molecule has 0 saturated heterocycles. The molecule has 0 radical (unpaired) electrons. The number of aromatic carboxylic acids is 1. The topological polar surface area (TPSA) is 134 Å². The fraction of sp³-hybridized carbons (Fsp3) is 0.316. The molecule has 10 heteroatoms. The number of halogens is 1. The van der Waals surface area contributed by atoms with Crippen LogP contribution in [0.5, 0.6) is 11.5 Å². The first-order valence-electron chi connectivity index (χ1n) is 15.9. The number of hydrogen-bond donors (Lipinski definition) is 3. The Bertz CT molecular complexity index is 1920. The number of Topliss-reactive ketones (excluding diaryl/α,β-unsaturated/α-hetero) is 1. The number of phenols is 1. The molecule has 0 saturated carbocycles. The molecule has 1 heterocycles. The van der Waals surface area contributed by atoms with E-state index in [0.717, 1.165) is 38.2 Å². The lowest BCUT2D eigenvalue weighted by atomic mass is 9.87. The van der Waals surface area contributed by atoms with Crippen LogP contribution in [0.1, 0.15) is 102 Å². The Balaban J connectivity index is 1.44. The summed E-state index contributed by atoms with van der Waals surface area (Å²) in [5, 5.41) is 32.0. The van der Waals surface area contributed by atoms with Gasteiger partial charge in [0.1, 0.15) is 22.7 Å². The Kier molecular flexibility index (Phi) is 12.8. The molecule has 0 aliphatic heterocycles. The quantitative estimate of drug-likeness (QED) is 0.0699. The number of ketones is 1. The number of phenolic OH excluding ortho intramolecular Hbond substituents is 1. The number of carbonyl (C=O) groups is 2. The number of benzene rings is 2. The van der Waals surface area contributed by atoms with E-state index in [0.29, 0.717) is 35.6 Å². The summed E-state index contributed by atoms with van der Waals surface area (Å²) in [6, 6.07) is 8.60. The third-order valence-corrected chi connectivity index (χ3v) is 8.31. The Labute approximate surface area is 283 Å². The SMILES string of the molecule is CCCc1c(OCCCCC/C=C\C=C\[C@@H](c2c(C(=O)O)oc3c(c2=O)=CCC(=S)C=3)[C@@H](O)c2cccc(F)c2)ccc(C(C)=O)c1O. The van der Waals surface area contributed by atoms with E-state index in [1.807, 2.05) is 13.0 Å². The Morgan fingerprint density at radius 1 is 1.15 bits per heavy atom. The van der Waals surface area contributed by atoms with Gasteiger partial charge in [-0.15, -0.1) is 0 Å². The second-order valence-electron chi connectivity index (χ2n) is 11.6. The predicted molar refractivity (Wildman–Crippen MR) is 186 cm³/mol. The normalized spacial score (nSPS) is 14.0. The molecule has 1 aromatic heterocycles. The first-order chi connectivity index (χ1) is 23.0. The van der Waals surface area contributed by atoms with Gasteiger partial charge in [-0.1, -0.05) is 68.1 Å². The average molecular weight is 675 g/mol. The Morgan fingerprint density at radius 3 is 2.65 bits per heavy atom. The van der Waals surface area contributed by atoms with Crippen molar-refractivity contribution in [3.8, 4) is 11.5 Å². The minimum absolute atomic E-state index is 0.0149. The largest absolute Gasteiger partial charge is 0.507 e. The molecule has 0 unspecified atom stereocenters. The molecule has 3 aromatic rings. The van der Waals surface area contributed by atoms with E-state index in [4.69, 9.17) is 21.4 Å². The number of carboxylic acids is 1. The number of thiocarbonyl (C=S) groups is 1. The van der Waals surface area contributed by atoms with Gasteiger partial charge in [-0.05, 0) is 74.9 Å². The highest BCUT2D eigenvalue weighted by molar-refractivity contribution is 7.81. The summed E-state index contributed by atoms with van der Waals surface area (Å²) in [7, 11) is 0. The highest BCUT2D eigenvalue weighted by atomic mass is 32.1. The summed E-state index contributed by atoms with van der Waals surface area (Å²) in [5.41, 5.74) is 0.313. The molecule has 1 aliphatic rings. The van der Waals surface area contributed by atoms with Crippen molar-refractivity contribution in [2.75, 3.05) is 6.61 Å². The van der Waals surface area contributed by atoms with Crippen LogP contribution in [0, 0.1) is 5.82 Å². The lowest BCUT2D eigenvalue weighted by Crippen LogP contribution is -2.45. The fourth-order valence-electron chi connectivity index (χ4n) is 5.62. The maximum Gasteiger partial charge on any atom is 0.372 e. The van der Waals surface area contributed by atoms with Gasteiger partial charge in [-0.25, -0.2) is 9.18 Å². The number of aliphatic hydroxyl groups is 1. The smallest absolute Gasteiger partial charge is 0.372 e. The van der Waals surface area contributed by atoms with Crippen LogP contribution in [0.3, 0.4) is 0 Å². The minimum Gasteiger partial charge on any atom is -0.507 e. The second kappa shape index (κ2) is 16.9. The van der Waals surface area contributed by atoms with Gasteiger partial charge in [0.05, 0.1) is 29.1 Å². The van der Waals surface area contributed by atoms with Gasteiger partial charge >= 0.3 is 5.97 Å². The van der Waals surface area contributed by atoms with E-state index in [1.54, 1.807) is 30.4 Å². The predicted octanol–water partition coefficient (Wildman–Crippen LogP) is 6.24. The van der Waals surface area contributed by atoms with Gasteiger partial charge in [0.15, 0.2) is 11.2 Å². The number of fused-ring (bicyclic) bond motifs is 1. The Morgan fingerprint density at radius 2 is 1.94 bits per heavy atom. The van der Waals surface area contributed by atoms with Crippen LogP contribution in [-0.2, 0) is 6.42 Å². The van der Waals surface area contributed by atoms with Crippen molar-refractivity contribution in [1.29, 1.82) is 0 Å². The van der Waals surface area contributed by atoms with Crippen molar-refractivity contribution in [1.82, 2.24) is 0 Å². The van der Waals surface area contributed by atoms with Gasteiger partial charge < -0.3 is 24.5 Å². The first-order valence-corrected chi connectivity index (χ1v) is 16.3. The van der Waals surface area contributed by atoms with Crippen LogP contribution in [0.25, 0.3) is 12.2 Å². The zero-order valence-electron chi connectivity index (χ0n) is 26.9. The van der Waals surface area contributed by atoms with Crippen molar-refractivity contribution in [2.24, 2.45) is 0 Å². The van der Waals surface area contributed by atoms with E-state index in [-0.39, 0.29) is 38.9 Å². The summed E-state index contributed by atoms with van der Waals surface area (Å²) in [4.78, 5) is 38.2. The van der Waals surface area contributed by atoms with E-state index in [9.17, 15) is 34.1 Å². The fourth-order valence-corrected chi connectivity index (χ4v) is 5.81. The van der Waals surface area contributed by atoms with Crippen molar-refractivity contribution in [3.05, 3.63) is 115 Å². The number of aromatic hydroxyl groups is 1. The van der Waals surface area contributed by atoms with Gasteiger partial charge in [0, 0.05) is 22.8 Å². The number of carboxylic acid groups (broad SMARTS) is 1. The number of hydrogen-bond acceptors (Lipinski definition) is 8. The summed E-state index contributed by atoms with van der Waals surface area (Å²) in [6.07, 6.45) is 13.3. The van der Waals surface area contributed by atoms with Crippen molar-refractivity contribution < 1.29 is 38.5 Å². The number of rotatable bonds is 16. The molecular formula is C38H39FO8S. The highest BCUT2D eigenvalue weighted by Gasteiger charge is 2.31. The molecule has 1 aliphatic carbocycles. The van der Waals surface area contributed by atoms with Gasteiger partial charge in [0.25, 0.3) is 0 Å². The maximum absolute atomic E-state index is 14.1. The monoisotopic (exact) mass is 674 g/mol. The van der Waals surface area contributed by atoms with Crippen LogP contribution in [-0.4, -0.2) is 38.5 Å². The highest BCUT2D eigenvalue weighted by Crippen LogP contribution is 2.34. The van der Waals surface area contributed by atoms with Crippen molar-refractivity contribution in [2.45, 2.75) is 70.8 Å². The summed E-state index contributed by atoms with van der Waals surface area (Å²) in [6.45, 7) is 3.86. The van der Waals surface area contributed by atoms with E-state index < -0.39 is 35.0 Å². The average Bonchev–Trinajstić information content (AvgIpc) is 3.04. The third-order valence-electron chi connectivity index (χ3n) is 8.03. The molecule has 0 fully saturated rings. The van der Waals surface area contributed by atoms with Crippen LogP contribution in [0.2, 0.25) is 0 Å². The van der Waals surface area contributed by atoms with Crippen LogP contribution in [0.15, 0.2) is 69.9 Å². The lowest BCUT2D eigenvalue weighted by Gasteiger charge is -2.21. The standard InChI is InChI=1S/C38H39FO8S/c1-3-12-28-31(19-18-27(23(2)40)35(28)42)46-20-10-8-6-4-5-7-9-15-30(34(41)24-13-11-14-25(39)21-24)33-36(43)29-17-16-26(48)22-32(29)47-37(33)38(44)45/h5,7,9,11,13-15,17-19,21-22,30,34,41-42H,3-4,6,8,10,12,16,20H2,1-2H3,(H,44,45)/b7-5-,15-9+/t30-,34-/m0/s1. The number of carbonyl (C=O) groups excluding carboxylic acids is 1. The van der Waals surface area contributed by atoms with Gasteiger partial charge in [-0.2, -0.15) is 0 Å². The van der Waals surface area contributed by atoms with Crippen molar-refractivity contribution in [3.63, 3.8) is 0 Å². The van der Waals surface area contributed by atoms with Crippen molar-refractivity contribution >= 4 is 41.0 Å². The third kappa shape index (κ3) is 8.81. The molecule has 8 nitrogen and oxygen atoms in total. The molecule has 48 heavy (non-hydrogen) atoms. The van der Waals surface area contributed by atoms with E-state index >= 15 is 0 Å². The van der Waals surface area contributed by atoms with E-state index in [1.165, 1.54) is 37.3 Å². The molecule has 3 N–H and O–H groups in total. The molecule has 0 amide bonds. The number of aliphatic hydroxyl groups excluding tert-OH is 1. The molecule has 2 aromatic carbocycles. The molecule has 4 rings (SSSR count). The molecule has 252 valence electrons.